The SMILES string of the molecule is COc1ccc(Br)cc1C=NNc1nc2c(c(=O)[nH]c(=O)n2C)n1Cc1ccccc1C. The molecule has 2 heterocycles. The molecule has 0 unspecified atom stereocenters. The topological polar surface area (TPSA) is 106 Å². The van der Waals surface area contributed by atoms with Crippen molar-refractivity contribution < 1.29 is 4.74 Å². The number of H-pyrrole nitrogens is 1. The van der Waals surface area contributed by atoms with Crippen LogP contribution >= 0.6 is 15.9 Å². The molecule has 0 bridgehead atoms. The smallest absolute Gasteiger partial charge is 0.329 e. The van der Waals surface area contributed by atoms with Gasteiger partial charge in [-0.3, -0.25) is 18.9 Å². The number of fused-ring (bicyclic) bond motifs is 1. The van der Waals surface area contributed by atoms with Crippen LogP contribution < -0.4 is 21.4 Å². The van der Waals surface area contributed by atoms with Crippen LogP contribution in [-0.2, 0) is 13.6 Å². The average molecular weight is 497 g/mol. The highest BCUT2D eigenvalue weighted by atomic mass is 79.9. The second-order valence-electron chi connectivity index (χ2n) is 7.19. The molecule has 4 rings (SSSR count). The van der Waals surface area contributed by atoms with Crippen LogP contribution in [0.5, 0.6) is 5.75 Å². The lowest BCUT2D eigenvalue weighted by Crippen LogP contribution is -2.29. The second kappa shape index (κ2) is 8.83. The Morgan fingerprint density at radius 2 is 2.03 bits per heavy atom. The van der Waals surface area contributed by atoms with E-state index in [0.29, 0.717) is 18.2 Å². The van der Waals surface area contributed by atoms with Gasteiger partial charge in [-0.1, -0.05) is 40.2 Å². The minimum atomic E-state index is -0.531. The molecular weight excluding hydrogens is 476 g/mol. The molecule has 2 aromatic carbocycles. The number of imidazole rings is 1. The van der Waals surface area contributed by atoms with Gasteiger partial charge in [0.1, 0.15) is 5.75 Å². The lowest BCUT2D eigenvalue weighted by atomic mass is 10.1. The maximum Gasteiger partial charge on any atom is 0.329 e. The zero-order valence-corrected chi connectivity index (χ0v) is 19.3. The van der Waals surface area contributed by atoms with Crippen LogP contribution in [0.2, 0.25) is 0 Å². The van der Waals surface area contributed by atoms with Crippen molar-refractivity contribution >= 4 is 39.3 Å². The first-order valence-corrected chi connectivity index (χ1v) is 10.5. The number of nitrogens with zero attached hydrogens (tertiary/aromatic N) is 4. The molecule has 0 saturated heterocycles. The van der Waals surface area contributed by atoms with Gasteiger partial charge >= 0.3 is 5.69 Å². The average Bonchev–Trinajstić information content (AvgIpc) is 3.13. The van der Waals surface area contributed by atoms with E-state index in [1.807, 2.05) is 49.4 Å². The third-order valence-corrected chi connectivity index (χ3v) is 5.65. The summed E-state index contributed by atoms with van der Waals surface area (Å²) in [6, 6.07) is 13.4. The van der Waals surface area contributed by atoms with E-state index in [4.69, 9.17) is 4.74 Å². The largest absolute Gasteiger partial charge is 0.496 e. The summed E-state index contributed by atoms with van der Waals surface area (Å²) in [5.41, 5.74) is 5.28. The molecule has 10 heteroatoms. The number of aryl methyl sites for hydroxylation is 2. The first kappa shape index (κ1) is 21.6. The van der Waals surface area contributed by atoms with Crippen LogP contribution in [0.4, 0.5) is 5.95 Å². The number of hydrazone groups is 1. The fourth-order valence-corrected chi connectivity index (χ4v) is 3.78. The van der Waals surface area contributed by atoms with Crippen LogP contribution in [0.15, 0.2) is 61.6 Å². The molecule has 2 N–H and O–H groups in total. The molecule has 4 aromatic rings. The van der Waals surface area contributed by atoms with E-state index in [1.54, 1.807) is 24.9 Å². The maximum absolute atomic E-state index is 12.7. The fourth-order valence-electron chi connectivity index (χ4n) is 3.40. The fraction of sp³-hybridized carbons (Fsp3) is 0.182. The predicted octanol–water partition coefficient (Wildman–Crippen LogP) is 3.00. The van der Waals surface area contributed by atoms with Gasteiger partial charge in [0, 0.05) is 17.1 Å². The summed E-state index contributed by atoms with van der Waals surface area (Å²) < 4.78 is 9.27. The molecular formula is C22H21BrN6O3. The Morgan fingerprint density at radius 3 is 2.78 bits per heavy atom. The van der Waals surface area contributed by atoms with E-state index < -0.39 is 11.2 Å². The lowest BCUT2D eigenvalue weighted by molar-refractivity contribution is 0.414. The number of ether oxygens (including phenoxy) is 1. The molecule has 0 amide bonds. The Morgan fingerprint density at radius 1 is 1.25 bits per heavy atom. The lowest BCUT2D eigenvalue weighted by Gasteiger charge is -2.10. The van der Waals surface area contributed by atoms with Crippen LogP contribution in [0.25, 0.3) is 11.2 Å². The van der Waals surface area contributed by atoms with Gasteiger partial charge in [-0.15, -0.1) is 0 Å². The summed E-state index contributed by atoms with van der Waals surface area (Å²) in [4.78, 5) is 31.6. The predicted molar refractivity (Wildman–Crippen MR) is 128 cm³/mol. The molecule has 0 aliphatic rings. The summed E-state index contributed by atoms with van der Waals surface area (Å²) in [5.74, 6) is 0.992. The first-order valence-electron chi connectivity index (χ1n) is 9.75. The molecule has 0 aliphatic heterocycles. The molecule has 0 aliphatic carbocycles. The van der Waals surface area contributed by atoms with E-state index in [9.17, 15) is 9.59 Å². The highest BCUT2D eigenvalue weighted by Gasteiger charge is 2.18. The second-order valence-corrected chi connectivity index (χ2v) is 8.11. The van der Waals surface area contributed by atoms with E-state index >= 15 is 0 Å². The molecule has 0 fully saturated rings. The summed E-state index contributed by atoms with van der Waals surface area (Å²) in [7, 11) is 3.15. The highest BCUT2D eigenvalue weighted by Crippen LogP contribution is 2.22. The van der Waals surface area contributed by atoms with Gasteiger partial charge in [-0.05, 0) is 36.2 Å². The number of halogens is 1. The molecule has 0 spiro atoms. The Bertz CT molecular complexity index is 1450. The molecule has 0 radical (unpaired) electrons. The van der Waals surface area contributed by atoms with Gasteiger partial charge in [0.2, 0.25) is 5.95 Å². The van der Waals surface area contributed by atoms with Gasteiger partial charge in [-0.25, -0.2) is 10.2 Å². The number of hydrogen-bond donors (Lipinski definition) is 2. The summed E-state index contributed by atoms with van der Waals surface area (Å²) in [5, 5.41) is 4.30. The van der Waals surface area contributed by atoms with Crippen molar-refractivity contribution in [2.24, 2.45) is 12.1 Å². The van der Waals surface area contributed by atoms with Gasteiger partial charge in [0.05, 0.1) is 19.9 Å². The number of aromatic nitrogens is 4. The van der Waals surface area contributed by atoms with E-state index in [-0.39, 0.29) is 11.2 Å². The number of hydrogen-bond acceptors (Lipinski definition) is 6. The maximum atomic E-state index is 12.7. The monoisotopic (exact) mass is 496 g/mol. The number of benzene rings is 2. The summed E-state index contributed by atoms with van der Waals surface area (Å²) in [6.45, 7) is 2.38. The molecule has 9 nitrogen and oxygen atoms in total. The zero-order valence-electron chi connectivity index (χ0n) is 17.7. The van der Waals surface area contributed by atoms with Crippen molar-refractivity contribution in [1.29, 1.82) is 0 Å². The van der Waals surface area contributed by atoms with Crippen LogP contribution in [0, 0.1) is 6.92 Å². The Labute approximate surface area is 191 Å². The molecule has 0 saturated carbocycles. The van der Waals surface area contributed by atoms with Crippen molar-refractivity contribution in [2.45, 2.75) is 13.5 Å². The first-order chi connectivity index (χ1) is 15.4. The molecule has 32 heavy (non-hydrogen) atoms. The molecule has 2 aromatic heterocycles. The molecule has 0 atom stereocenters. The quantitative estimate of drug-likeness (QED) is 0.315. The van der Waals surface area contributed by atoms with Crippen molar-refractivity contribution in [3.05, 3.63) is 84.5 Å². The van der Waals surface area contributed by atoms with Gasteiger partial charge in [0.15, 0.2) is 11.2 Å². The molecule has 164 valence electrons. The number of nitrogens with one attached hydrogen (secondary N) is 2. The van der Waals surface area contributed by atoms with Gasteiger partial charge in [0.25, 0.3) is 5.56 Å². The summed E-state index contributed by atoms with van der Waals surface area (Å²) >= 11 is 3.44. The number of methoxy groups -OCH3 is 1. The van der Waals surface area contributed by atoms with Crippen molar-refractivity contribution in [3.63, 3.8) is 0 Å². The standard InChI is InChI=1S/C22H21BrN6O3/c1-13-6-4-5-7-14(13)12-29-18-19(28(2)22(31)26-20(18)30)25-21(29)27-24-11-15-10-16(23)8-9-17(15)32-3/h4-11H,12H2,1-3H3,(H,25,27)(H,26,30,31). The van der Waals surface area contributed by atoms with Crippen molar-refractivity contribution in [1.82, 2.24) is 19.1 Å². The van der Waals surface area contributed by atoms with E-state index in [2.05, 4.69) is 36.4 Å². The minimum absolute atomic E-state index is 0.269. The highest BCUT2D eigenvalue weighted by molar-refractivity contribution is 9.10. The van der Waals surface area contributed by atoms with E-state index in [1.165, 1.54) is 4.57 Å². The van der Waals surface area contributed by atoms with Crippen LogP contribution in [0.1, 0.15) is 16.7 Å². The Balaban J connectivity index is 1.80. The minimum Gasteiger partial charge on any atom is -0.496 e. The van der Waals surface area contributed by atoms with Gasteiger partial charge in [-0.2, -0.15) is 10.1 Å². The van der Waals surface area contributed by atoms with Crippen molar-refractivity contribution in [3.8, 4) is 5.75 Å². The summed E-state index contributed by atoms with van der Waals surface area (Å²) in [6.07, 6.45) is 1.60. The number of aromatic amines is 1. The Hall–Kier alpha value is -3.66. The normalized spacial score (nSPS) is 11.4. The van der Waals surface area contributed by atoms with Crippen LogP contribution in [0.3, 0.4) is 0 Å². The zero-order chi connectivity index (χ0) is 22.8. The number of anilines is 1. The number of rotatable bonds is 6. The Kier molecular flexibility index (Phi) is 5.95. The van der Waals surface area contributed by atoms with E-state index in [0.717, 1.165) is 21.2 Å². The van der Waals surface area contributed by atoms with Crippen molar-refractivity contribution in [2.75, 3.05) is 12.5 Å². The third kappa shape index (κ3) is 4.09. The van der Waals surface area contributed by atoms with Crippen LogP contribution in [-0.4, -0.2) is 32.4 Å². The third-order valence-electron chi connectivity index (χ3n) is 5.16. The van der Waals surface area contributed by atoms with Gasteiger partial charge < -0.3 is 4.74 Å².